The van der Waals surface area contributed by atoms with E-state index in [1.54, 1.807) is 11.8 Å². The van der Waals surface area contributed by atoms with Crippen molar-refractivity contribution in [3.8, 4) is 0 Å². The van der Waals surface area contributed by atoms with Crippen molar-refractivity contribution in [3.63, 3.8) is 0 Å². The highest BCUT2D eigenvalue weighted by atomic mass is 32.2. The van der Waals surface area contributed by atoms with Crippen LogP contribution in [0, 0.1) is 6.92 Å². The molecular formula is C10H16N2OS2. The molecule has 0 saturated heterocycles. The average Bonchev–Trinajstić information content (AvgIpc) is 2.47. The van der Waals surface area contributed by atoms with Gasteiger partial charge in [0.1, 0.15) is 0 Å². The number of thioether (sulfide) groups is 1. The van der Waals surface area contributed by atoms with E-state index in [0.29, 0.717) is 10.9 Å². The number of rotatable bonds is 3. The Hall–Kier alpha value is -0.550. The molecule has 0 saturated carbocycles. The second-order valence-electron chi connectivity index (χ2n) is 4.24. The molecule has 1 aromatic rings. The molecule has 15 heavy (non-hydrogen) atoms. The zero-order chi connectivity index (χ0) is 11.5. The minimum atomic E-state index is 0.0178. The van der Waals surface area contributed by atoms with Gasteiger partial charge in [-0.15, -0.1) is 23.1 Å². The molecule has 1 N–H and O–H groups in total. The van der Waals surface area contributed by atoms with Gasteiger partial charge in [-0.3, -0.25) is 4.79 Å². The summed E-state index contributed by atoms with van der Waals surface area (Å²) in [7, 11) is 0. The van der Waals surface area contributed by atoms with E-state index in [1.807, 2.05) is 12.3 Å². The molecule has 0 bridgehead atoms. The third-order valence-corrected chi connectivity index (χ3v) is 3.65. The average molecular weight is 244 g/mol. The van der Waals surface area contributed by atoms with Crippen LogP contribution in [0.25, 0.3) is 0 Å². The standard InChI is InChI=1S/C10H16N2OS2/c1-7-5-14-9(11-7)12-8(13)6-15-10(2,3)4/h5H,6H2,1-4H3,(H,11,12,13). The third kappa shape index (κ3) is 5.18. The van der Waals surface area contributed by atoms with E-state index in [-0.39, 0.29) is 10.7 Å². The number of hydrogen-bond donors (Lipinski definition) is 1. The number of nitrogens with zero attached hydrogens (tertiary/aromatic N) is 1. The molecule has 1 rings (SSSR count). The predicted octanol–water partition coefficient (Wildman–Crippen LogP) is 2.92. The van der Waals surface area contributed by atoms with Gasteiger partial charge < -0.3 is 5.32 Å². The maximum absolute atomic E-state index is 11.5. The van der Waals surface area contributed by atoms with Gasteiger partial charge in [-0.25, -0.2) is 4.98 Å². The molecule has 0 atom stereocenters. The second kappa shape index (κ2) is 4.99. The fourth-order valence-corrected chi connectivity index (χ4v) is 2.19. The number of aromatic nitrogens is 1. The lowest BCUT2D eigenvalue weighted by atomic mass is 10.3. The van der Waals surface area contributed by atoms with Crippen molar-refractivity contribution in [2.24, 2.45) is 0 Å². The zero-order valence-corrected chi connectivity index (χ0v) is 11.1. The summed E-state index contributed by atoms with van der Waals surface area (Å²) in [6.45, 7) is 8.20. The van der Waals surface area contributed by atoms with Crippen LogP contribution >= 0.6 is 23.1 Å². The fourth-order valence-electron chi connectivity index (χ4n) is 0.849. The van der Waals surface area contributed by atoms with E-state index >= 15 is 0 Å². The first-order chi connectivity index (χ1) is 6.87. The first-order valence-corrected chi connectivity index (χ1v) is 6.59. The van der Waals surface area contributed by atoms with Crippen LogP contribution in [-0.4, -0.2) is 21.4 Å². The van der Waals surface area contributed by atoms with Crippen molar-refractivity contribution < 1.29 is 4.79 Å². The minimum Gasteiger partial charge on any atom is -0.301 e. The quantitative estimate of drug-likeness (QED) is 0.889. The summed E-state index contributed by atoms with van der Waals surface area (Å²) < 4.78 is 0.121. The molecule has 0 spiro atoms. The molecule has 0 aliphatic carbocycles. The Kier molecular flexibility index (Phi) is 4.16. The van der Waals surface area contributed by atoms with Gasteiger partial charge in [0.05, 0.1) is 11.4 Å². The van der Waals surface area contributed by atoms with Crippen molar-refractivity contribution in [1.29, 1.82) is 0 Å². The summed E-state index contributed by atoms with van der Waals surface area (Å²) >= 11 is 3.09. The molecule has 1 aromatic heterocycles. The van der Waals surface area contributed by atoms with E-state index in [2.05, 4.69) is 31.1 Å². The largest absolute Gasteiger partial charge is 0.301 e. The number of thiazole rings is 1. The van der Waals surface area contributed by atoms with E-state index in [9.17, 15) is 4.79 Å². The second-order valence-corrected chi connectivity index (χ2v) is 6.90. The Morgan fingerprint density at radius 3 is 2.73 bits per heavy atom. The predicted molar refractivity (Wildman–Crippen MR) is 67.7 cm³/mol. The lowest BCUT2D eigenvalue weighted by molar-refractivity contribution is -0.113. The number of carbonyl (C=O) groups excluding carboxylic acids is 1. The van der Waals surface area contributed by atoms with Gasteiger partial charge in [-0.2, -0.15) is 0 Å². The zero-order valence-electron chi connectivity index (χ0n) is 9.46. The molecule has 3 nitrogen and oxygen atoms in total. The summed E-state index contributed by atoms with van der Waals surface area (Å²) in [5, 5.41) is 5.39. The van der Waals surface area contributed by atoms with E-state index in [0.717, 1.165) is 5.69 Å². The van der Waals surface area contributed by atoms with Gasteiger partial charge in [0.25, 0.3) is 0 Å². The Bertz CT molecular complexity index is 341. The van der Waals surface area contributed by atoms with Gasteiger partial charge in [0.2, 0.25) is 5.91 Å². The summed E-state index contributed by atoms with van der Waals surface area (Å²) in [5.74, 6) is 0.492. The van der Waals surface area contributed by atoms with Gasteiger partial charge in [0.15, 0.2) is 5.13 Å². The van der Waals surface area contributed by atoms with Crippen molar-refractivity contribution in [2.75, 3.05) is 11.1 Å². The molecule has 0 aromatic carbocycles. The molecule has 0 unspecified atom stereocenters. The SMILES string of the molecule is Cc1csc(NC(=O)CSC(C)(C)C)n1. The van der Waals surface area contributed by atoms with Crippen molar-refractivity contribution in [1.82, 2.24) is 4.98 Å². The Labute approximate surface area is 98.7 Å². The van der Waals surface area contributed by atoms with Crippen molar-refractivity contribution >= 4 is 34.1 Å². The number of carbonyl (C=O) groups is 1. The molecule has 1 heterocycles. The van der Waals surface area contributed by atoms with Gasteiger partial charge >= 0.3 is 0 Å². The van der Waals surface area contributed by atoms with Gasteiger partial charge in [0, 0.05) is 10.1 Å². The number of hydrogen-bond acceptors (Lipinski definition) is 4. The molecule has 0 aliphatic rings. The number of amides is 1. The highest BCUT2D eigenvalue weighted by Crippen LogP contribution is 2.23. The van der Waals surface area contributed by atoms with Crippen LogP contribution < -0.4 is 5.32 Å². The topological polar surface area (TPSA) is 42.0 Å². The maximum Gasteiger partial charge on any atom is 0.236 e. The van der Waals surface area contributed by atoms with E-state index in [1.165, 1.54) is 11.3 Å². The van der Waals surface area contributed by atoms with Gasteiger partial charge in [-0.05, 0) is 6.92 Å². The smallest absolute Gasteiger partial charge is 0.236 e. The molecule has 84 valence electrons. The highest BCUT2D eigenvalue weighted by molar-refractivity contribution is 8.01. The summed E-state index contributed by atoms with van der Waals surface area (Å²) in [5.41, 5.74) is 0.943. The van der Waals surface area contributed by atoms with Crippen molar-refractivity contribution in [3.05, 3.63) is 11.1 Å². The van der Waals surface area contributed by atoms with E-state index in [4.69, 9.17) is 0 Å². The fraction of sp³-hybridized carbons (Fsp3) is 0.600. The normalized spacial score (nSPS) is 11.5. The Balaban J connectivity index is 2.37. The lowest BCUT2D eigenvalue weighted by Crippen LogP contribution is -2.18. The van der Waals surface area contributed by atoms with Crippen LogP contribution in [0.5, 0.6) is 0 Å². The minimum absolute atomic E-state index is 0.0178. The summed E-state index contributed by atoms with van der Waals surface area (Å²) in [4.78, 5) is 15.7. The van der Waals surface area contributed by atoms with E-state index < -0.39 is 0 Å². The summed E-state index contributed by atoms with van der Waals surface area (Å²) in [6, 6.07) is 0. The summed E-state index contributed by atoms with van der Waals surface area (Å²) in [6.07, 6.45) is 0. The third-order valence-electron chi connectivity index (χ3n) is 1.50. The molecule has 1 amide bonds. The van der Waals surface area contributed by atoms with Crippen LogP contribution in [0.1, 0.15) is 26.5 Å². The molecule has 0 aliphatic heterocycles. The number of aryl methyl sites for hydroxylation is 1. The number of anilines is 1. The van der Waals surface area contributed by atoms with Crippen LogP contribution in [0.3, 0.4) is 0 Å². The molecular weight excluding hydrogens is 228 g/mol. The Morgan fingerprint density at radius 1 is 1.60 bits per heavy atom. The molecule has 5 heteroatoms. The first kappa shape index (κ1) is 12.5. The molecule has 0 fully saturated rings. The number of nitrogens with one attached hydrogen (secondary N) is 1. The van der Waals surface area contributed by atoms with Crippen LogP contribution in [0.2, 0.25) is 0 Å². The maximum atomic E-state index is 11.5. The van der Waals surface area contributed by atoms with Crippen LogP contribution in [0.15, 0.2) is 5.38 Å². The Morgan fingerprint density at radius 2 is 2.27 bits per heavy atom. The highest BCUT2D eigenvalue weighted by Gasteiger charge is 2.13. The monoisotopic (exact) mass is 244 g/mol. The first-order valence-electron chi connectivity index (χ1n) is 4.73. The van der Waals surface area contributed by atoms with Crippen molar-refractivity contribution in [2.45, 2.75) is 32.4 Å². The van der Waals surface area contributed by atoms with Gasteiger partial charge in [-0.1, -0.05) is 20.8 Å². The van der Waals surface area contributed by atoms with Crippen LogP contribution in [0.4, 0.5) is 5.13 Å². The lowest BCUT2D eigenvalue weighted by Gasteiger charge is -2.16. The van der Waals surface area contributed by atoms with Crippen LogP contribution in [-0.2, 0) is 4.79 Å². The molecule has 0 radical (unpaired) electrons.